The van der Waals surface area contributed by atoms with E-state index in [9.17, 15) is 13.2 Å². The molecule has 0 bridgehead atoms. The summed E-state index contributed by atoms with van der Waals surface area (Å²) < 4.78 is 23.2. The van der Waals surface area contributed by atoms with Gasteiger partial charge in [0, 0.05) is 17.4 Å². The van der Waals surface area contributed by atoms with Gasteiger partial charge in [0.2, 0.25) is 0 Å². The zero-order valence-corrected chi connectivity index (χ0v) is 16.9. The second kappa shape index (κ2) is 6.05. The van der Waals surface area contributed by atoms with E-state index in [2.05, 4.69) is 33.8 Å². The van der Waals surface area contributed by atoms with E-state index in [1.54, 1.807) is 12.1 Å². The van der Waals surface area contributed by atoms with E-state index < -0.39 is 9.84 Å². The first-order chi connectivity index (χ1) is 11.9. The van der Waals surface area contributed by atoms with Crippen molar-refractivity contribution in [2.75, 3.05) is 6.26 Å². The van der Waals surface area contributed by atoms with Crippen LogP contribution in [0.5, 0.6) is 0 Å². The van der Waals surface area contributed by atoms with Gasteiger partial charge in [-0.15, -0.1) is 0 Å². The van der Waals surface area contributed by atoms with Crippen LogP contribution < -0.4 is 0 Å². The smallest absolute Gasteiger partial charge is 0.193 e. The van der Waals surface area contributed by atoms with Gasteiger partial charge >= 0.3 is 0 Å². The molecule has 0 radical (unpaired) electrons. The Morgan fingerprint density at radius 1 is 0.808 bits per heavy atom. The average molecular weight is 371 g/mol. The number of hydrogen-bond acceptors (Lipinski definition) is 3. The number of ketones is 1. The molecule has 0 amide bonds. The van der Waals surface area contributed by atoms with Crippen molar-refractivity contribution in [3.8, 4) is 0 Å². The number of fused-ring (bicyclic) bond motifs is 1. The Bertz CT molecular complexity index is 965. The molecule has 4 heteroatoms. The van der Waals surface area contributed by atoms with Gasteiger partial charge in [-0.3, -0.25) is 4.79 Å². The summed E-state index contributed by atoms with van der Waals surface area (Å²) in [6.07, 6.45) is 3.39. The molecule has 2 aromatic carbocycles. The molecule has 138 valence electrons. The Kier molecular flexibility index (Phi) is 4.39. The number of carbonyl (C=O) groups excluding carboxylic acids is 1. The number of benzene rings is 2. The van der Waals surface area contributed by atoms with Gasteiger partial charge in [0.05, 0.1) is 4.90 Å². The van der Waals surface area contributed by atoms with Crippen molar-refractivity contribution in [2.45, 2.75) is 56.3 Å². The Morgan fingerprint density at radius 3 is 1.85 bits per heavy atom. The maximum atomic E-state index is 12.9. The molecular weight excluding hydrogens is 344 g/mol. The third-order valence-electron chi connectivity index (χ3n) is 5.66. The highest BCUT2D eigenvalue weighted by atomic mass is 32.2. The van der Waals surface area contributed by atoms with Crippen molar-refractivity contribution in [3.63, 3.8) is 0 Å². The van der Waals surface area contributed by atoms with Gasteiger partial charge in [-0.2, -0.15) is 0 Å². The second-order valence-electron chi connectivity index (χ2n) is 8.65. The molecule has 3 nitrogen and oxygen atoms in total. The fourth-order valence-electron chi connectivity index (χ4n) is 3.75. The van der Waals surface area contributed by atoms with Gasteiger partial charge in [0.1, 0.15) is 0 Å². The fraction of sp³-hybridized carbons (Fsp3) is 0.409. The van der Waals surface area contributed by atoms with Crippen LogP contribution in [0.25, 0.3) is 0 Å². The summed E-state index contributed by atoms with van der Waals surface area (Å²) in [7, 11) is -3.26. The first kappa shape index (κ1) is 18.8. The molecule has 0 aliphatic heterocycles. The Morgan fingerprint density at radius 2 is 1.31 bits per heavy atom. The van der Waals surface area contributed by atoms with Gasteiger partial charge < -0.3 is 0 Å². The topological polar surface area (TPSA) is 51.2 Å². The molecule has 0 spiro atoms. The minimum atomic E-state index is -3.26. The van der Waals surface area contributed by atoms with E-state index in [1.807, 2.05) is 12.1 Å². The SMILES string of the molecule is CC1(C)CCC(C)(C)c2cc(C(=O)c3ccc(S(C)(=O)=O)cc3)ccc21. The third-order valence-corrected chi connectivity index (χ3v) is 6.79. The highest BCUT2D eigenvalue weighted by molar-refractivity contribution is 7.90. The predicted octanol–water partition coefficient (Wildman–Crippen LogP) is 4.67. The van der Waals surface area contributed by atoms with Crippen LogP contribution in [0.1, 0.15) is 67.6 Å². The number of carbonyl (C=O) groups is 1. The highest BCUT2D eigenvalue weighted by Gasteiger charge is 2.37. The average Bonchev–Trinajstić information content (AvgIpc) is 2.57. The lowest BCUT2D eigenvalue weighted by molar-refractivity contribution is 0.103. The first-order valence-corrected chi connectivity index (χ1v) is 10.8. The lowest BCUT2D eigenvalue weighted by Crippen LogP contribution is -2.34. The highest BCUT2D eigenvalue weighted by Crippen LogP contribution is 2.46. The molecule has 2 aromatic rings. The van der Waals surface area contributed by atoms with Gasteiger partial charge in [-0.25, -0.2) is 8.42 Å². The summed E-state index contributed by atoms with van der Waals surface area (Å²) in [5.41, 5.74) is 3.88. The zero-order valence-electron chi connectivity index (χ0n) is 16.1. The minimum Gasteiger partial charge on any atom is -0.289 e. The maximum absolute atomic E-state index is 12.9. The second-order valence-corrected chi connectivity index (χ2v) is 10.7. The number of hydrogen-bond donors (Lipinski definition) is 0. The fourth-order valence-corrected chi connectivity index (χ4v) is 4.38. The van der Waals surface area contributed by atoms with E-state index >= 15 is 0 Å². The van der Waals surface area contributed by atoms with Crippen LogP contribution >= 0.6 is 0 Å². The van der Waals surface area contributed by atoms with Crippen LogP contribution in [-0.4, -0.2) is 20.5 Å². The summed E-state index contributed by atoms with van der Waals surface area (Å²) in [5, 5.41) is 0. The first-order valence-electron chi connectivity index (χ1n) is 8.92. The van der Waals surface area contributed by atoms with Crippen molar-refractivity contribution in [1.29, 1.82) is 0 Å². The van der Waals surface area contributed by atoms with Crippen LogP contribution in [0.4, 0.5) is 0 Å². The zero-order chi connectivity index (χ0) is 19.3. The molecule has 0 heterocycles. The largest absolute Gasteiger partial charge is 0.289 e. The maximum Gasteiger partial charge on any atom is 0.193 e. The third kappa shape index (κ3) is 3.35. The molecule has 0 unspecified atom stereocenters. The molecule has 0 aromatic heterocycles. The quantitative estimate of drug-likeness (QED) is 0.738. The Labute approximate surface area is 156 Å². The van der Waals surface area contributed by atoms with E-state index in [-0.39, 0.29) is 21.5 Å². The number of sulfone groups is 1. The van der Waals surface area contributed by atoms with Crippen LogP contribution in [0, 0.1) is 0 Å². The number of rotatable bonds is 3. The standard InChI is InChI=1S/C22H26O3S/c1-21(2)12-13-22(3,4)19-14-16(8-11-18(19)21)20(23)15-6-9-17(10-7-15)26(5,24)25/h6-11,14H,12-13H2,1-5H3. The molecule has 1 aliphatic carbocycles. The molecule has 0 atom stereocenters. The Hall–Kier alpha value is -1.94. The summed E-state index contributed by atoms with van der Waals surface area (Å²) in [4.78, 5) is 13.1. The van der Waals surface area contributed by atoms with Gasteiger partial charge in [-0.05, 0) is 65.1 Å². The lowest BCUT2D eigenvalue weighted by atomic mass is 9.63. The summed E-state index contributed by atoms with van der Waals surface area (Å²) in [6, 6.07) is 12.2. The molecule has 0 saturated carbocycles. The minimum absolute atomic E-state index is 0.0429. The van der Waals surface area contributed by atoms with E-state index in [0.717, 1.165) is 19.1 Å². The summed E-state index contributed by atoms with van der Waals surface area (Å²) in [6.45, 7) is 8.98. The van der Waals surface area contributed by atoms with Crippen molar-refractivity contribution in [3.05, 3.63) is 64.7 Å². The van der Waals surface area contributed by atoms with Crippen LogP contribution in [0.3, 0.4) is 0 Å². The molecular formula is C22H26O3S. The van der Waals surface area contributed by atoms with E-state index in [4.69, 9.17) is 0 Å². The molecule has 0 fully saturated rings. The normalized spacial score (nSPS) is 18.2. The predicted molar refractivity (Wildman–Crippen MR) is 105 cm³/mol. The monoisotopic (exact) mass is 370 g/mol. The van der Waals surface area contributed by atoms with Gasteiger partial charge in [0.15, 0.2) is 15.6 Å². The molecule has 0 saturated heterocycles. The van der Waals surface area contributed by atoms with Crippen LogP contribution in [0.15, 0.2) is 47.4 Å². The van der Waals surface area contributed by atoms with Crippen LogP contribution in [-0.2, 0) is 20.7 Å². The molecule has 26 heavy (non-hydrogen) atoms. The summed E-state index contributed by atoms with van der Waals surface area (Å²) in [5.74, 6) is -0.0768. The van der Waals surface area contributed by atoms with Gasteiger partial charge in [-0.1, -0.05) is 39.8 Å². The Balaban J connectivity index is 2.02. The molecule has 0 N–H and O–H groups in total. The van der Waals surface area contributed by atoms with Gasteiger partial charge in [0.25, 0.3) is 0 Å². The van der Waals surface area contributed by atoms with Crippen molar-refractivity contribution in [1.82, 2.24) is 0 Å². The van der Waals surface area contributed by atoms with Crippen molar-refractivity contribution < 1.29 is 13.2 Å². The molecule has 1 aliphatic rings. The van der Waals surface area contributed by atoms with Crippen LogP contribution in [0.2, 0.25) is 0 Å². The molecule has 3 rings (SSSR count). The van der Waals surface area contributed by atoms with E-state index in [0.29, 0.717) is 11.1 Å². The summed E-state index contributed by atoms with van der Waals surface area (Å²) >= 11 is 0. The lowest BCUT2D eigenvalue weighted by Gasteiger charge is -2.42. The van der Waals surface area contributed by atoms with Crippen molar-refractivity contribution in [2.24, 2.45) is 0 Å². The van der Waals surface area contributed by atoms with E-state index in [1.165, 1.54) is 23.3 Å². The van der Waals surface area contributed by atoms with Crippen molar-refractivity contribution >= 4 is 15.6 Å².